The number of rotatable bonds is 3. The molecule has 0 unspecified atom stereocenters. The fourth-order valence-corrected chi connectivity index (χ4v) is 4.07. The summed E-state index contributed by atoms with van der Waals surface area (Å²) in [5.41, 5.74) is 6.69. The summed E-state index contributed by atoms with van der Waals surface area (Å²) in [5, 5.41) is 0. The van der Waals surface area contributed by atoms with E-state index in [9.17, 15) is 9.59 Å². The van der Waals surface area contributed by atoms with E-state index in [1.165, 1.54) is 4.90 Å². The van der Waals surface area contributed by atoms with Crippen LogP contribution in [0.5, 0.6) is 0 Å². The van der Waals surface area contributed by atoms with E-state index in [1.54, 1.807) is 0 Å². The third-order valence-electron chi connectivity index (χ3n) is 5.65. The molecule has 0 N–H and O–H groups in total. The van der Waals surface area contributed by atoms with Crippen LogP contribution in [0.1, 0.15) is 27.8 Å². The highest BCUT2D eigenvalue weighted by Gasteiger charge is 2.42. The van der Waals surface area contributed by atoms with Crippen molar-refractivity contribution >= 4 is 23.1 Å². The lowest BCUT2D eigenvalue weighted by Gasteiger charge is -2.29. The number of carbonyl (C=O) groups excluding carboxylic acids is 2. The first-order chi connectivity index (χ1) is 13.9. The monoisotopic (exact) mass is 390 g/mol. The summed E-state index contributed by atoms with van der Waals surface area (Å²) in [4.78, 5) is 30.4. The number of hydrogen-bond acceptors (Lipinski definition) is 4. The maximum absolute atomic E-state index is 13.6. The minimum absolute atomic E-state index is 0.255. The van der Waals surface area contributed by atoms with Gasteiger partial charge in [0.05, 0.1) is 24.5 Å². The van der Waals surface area contributed by atoms with Gasteiger partial charge in [-0.05, 0) is 67.6 Å². The van der Waals surface area contributed by atoms with Crippen molar-refractivity contribution < 1.29 is 14.3 Å². The van der Waals surface area contributed by atoms with Crippen LogP contribution in [0.3, 0.4) is 0 Å². The topological polar surface area (TPSA) is 49.9 Å². The average molecular weight is 390 g/mol. The number of nitrogens with zero attached hydrogens (tertiary/aromatic N) is 2. The number of imide groups is 1. The van der Waals surface area contributed by atoms with Crippen molar-refractivity contribution in [2.24, 2.45) is 0 Å². The Labute approximate surface area is 171 Å². The Bertz CT molecular complexity index is 1010. The molecule has 1 fully saturated rings. The van der Waals surface area contributed by atoms with Crippen LogP contribution >= 0.6 is 0 Å². The van der Waals surface area contributed by atoms with E-state index in [0.29, 0.717) is 43.3 Å². The lowest BCUT2D eigenvalue weighted by molar-refractivity contribution is -0.121. The first-order valence-electron chi connectivity index (χ1n) is 9.98. The minimum Gasteiger partial charge on any atom is -0.378 e. The Morgan fingerprint density at radius 1 is 0.793 bits per heavy atom. The van der Waals surface area contributed by atoms with E-state index in [2.05, 4.69) is 0 Å². The largest absolute Gasteiger partial charge is 0.378 e. The van der Waals surface area contributed by atoms with Crippen LogP contribution in [-0.2, 0) is 14.3 Å². The van der Waals surface area contributed by atoms with Crippen molar-refractivity contribution in [2.75, 3.05) is 31.2 Å². The minimum atomic E-state index is -0.259. The molecule has 0 atom stereocenters. The highest BCUT2D eigenvalue weighted by Crippen LogP contribution is 2.36. The van der Waals surface area contributed by atoms with Crippen molar-refractivity contribution in [1.82, 2.24) is 4.90 Å². The van der Waals surface area contributed by atoms with Gasteiger partial charge in [0.2, 0.25) is 0 Å². The predicted molar refractivity (Wildman–Crippen MR) is 114 cm³/mol. The molecule has 5 nitrogen and oxygen atoms in total. The van der Waals surface area contributed by atoms with Crippen LogP contribution in [0, 0.1) is 27.7 Å². The summed E-state index contributed by atoms with van der Waals surface area (Å²) in [6.45, 7) is 10.3. The Balaban J connectivity index is 1.86. The molecule has 0 saturated carbocycles. The maximum atomic E-state index is 13.6. The zero-order chi connectivity index (χ0) is 20.7. The highest BCUT2D eigenvalue weighted by molar-refractivity contribution is 6.45. The lowest BCUT2D eigenvalue weighted by Crippen LogP contribution is -2.40. The lowest BCUT2D eigenvalue weighted by atomic mass is 9.99. The Morgan fingerprint density at radius 2 is 1.45 bits per heavy atom. The van der Waals surface area contributed by atoms with Gasteiger partial charge in [0, 0.05) is 13.1 Å². The third-order valence-corrected chi connectivity index (χ3v) is 5.65. The second kappa shape index (κ2) is 7.48. The second-order valence-electron chi connectivity index (χ2n) is 7.91. The van der Waals surface area contributed by atoms with Gasteiger partial charge >= 0.3 is 0 Å². The van der Waals surface area contributed by atoms with Crippen LogP contribution in [-0.4, -0.2) is 43.0 Å². The molecule has 2 amide bonds. The van der Waals surface area contributed by atoms with Gasteiger partial charge in [-0.2, -0.15) is 0 Å². The molecule has 2 aliphatic rings. The first kappa shape index (κ1) is 19.4. The van der Waals surface area contributed by atoms with Gasteiger partial charge < -0.3 is 9.64 Å². The molecule has 0 aromatic heterocycles. The van der Waals surface area contributed by atoms with Crippen LogP contribution < -0.4 is 4.90 Å². The van der Waals surface area contributed by atoms with Crippen LogP contribution in [0.2, 0.25) is 0 Å². The zero-order valence-electron chi connectivity index (χ0n) is 17.4. The molecular weight excluding hydrogens is 364 g/mol. The standard InChI is InChI=1S/C24H26N2O3/c1-15-11-16(2)13-20(12-15)26-23(27)21(19-6-5-17(3)18(4)14-19)22(24(26)28)25-7-9-29-10-8-25/h5-6,11-14H,7-10H2,1-4H3. The van der Waals surface area contributed by atoms with Crippen molar-refractivity contribution in [3.63, 3.8) is 0 Å². The van der Waals surface area contributed by atoms with Crippen LogP contribution in [0.15, 0.2) is 42.1 Å². The van der Waals surface area contributed by atoms with E-state index in [0.717, 1.165) is 27.8 Å². The van der Waals surface area contributed by atoms with Crippen molar-refractivity contribution in [3.05, 3.63) is 69.9 Å². The number of morpholine rings is 1. The van der Waals surface area contributed by atoms with Crippen LogP contribution in [0.4, 0.5) is 5.69 Å². The van der Waals surface area contributed by atoms with Gasteiger partial charge in [-0.25, -0.2) is 4.90 Å². The molecule has 2 aromatic carbocycles. The molecule has 150 valence electrons. The quantitative estimate of drug-likeness (QED) is 0.753. The number of benzene rings is 2. The smallest absolute Gasteiger partial charge is 0.282 e. The van der Waals surface area contributed by atoms with Gasteiger partial charge in [-0.3, -0.25) is 9.59 Å². The predicted octanol–water partition coefficient (Wildman–Crippen LogP) is 3.54. The van der Waals surface area contributed by atoms with Crippen LogP contribution in [0.25, 0.3) is 5.57 Å². The molecule has 2 heterocycles. The number of anilines is 1. The molecular formula is C24H26N2O3. The molecule has 0 radical (unpaired) electrons. The van der Waals surface area contributed by atoms with E-state index in [-0.39, 0.29) is 11.8 Å². The molecule has 0 spiro atoms. The summed E-state index contributed by atoms with van der Waals surface area (Å²) in [7, 11) is 0. The summed E-state index contributed by atoms with van der Waals surface area (Å²) in [5.74, 6) is -0.514. The highest BCUT2D eigenvalue weighted by atomic mass is 16.5. The summed E-state index contributed by atoms with van der Waals surface area (Å²) in [6.07, 6.45) is 0. The van der Waals surface area contributed by atoms with E-state index < -0.39 is 0 Å². The van der Waals surface area contributed by atoms with Gasteiger partial charge in [0.25, 0.3) is 11.8 Å². The number of carbonyl (C=O) groups is 2. The molecule has 0 bridgehead atoms. The average Bonchev–Trinajstić information content (AvgIpc) is 2.94. The van der Waals surface area contributed by atoms with Gasteiger partial charge in [0.1, 0.15) is 5.70 Å². The second-order valence-corrected chi connectivity index (χ2v) is 7.91. The SMILES string of the molecule is Cc1cc(C)cc(N2C(=O)C(c3ccc(C)c(C)c3)=C(N3CCOCC3)C2=O)c1. The molecule has 1 saturated heterocycles. The number of amides is 2. The Morgan fingerprint density at radius 3 is 2.07 bits per heavy atom. The van der Waals surface area contributed by atoms with E-state index in [1.807, 2.05) is 69.0 Å². The number of hydrogen-bond donors (Lipinski definition) is 0. The van der Waals surface area contributed by atoms with Crippen molar-refractivity contribution in [2.45, 2.75) is 27.7 Å². The number of aryl methyl sites for hydroxylation is 4. The van der Waals surface area contributed by atoms with Gasteiger partial charge in [0.15, 0.2) is 0 Å². The summed E-state index contributed by atoms with van der Waals surface area (Å²) >= 11 is 0. The van der Waals surface area contributed by atoms with Crippen molar-refractivity contribution in [1.29, 1.82) is 0 Å². The number of ether oxygens (including phenoxy) is 1. The molecule has 4 rings (SSSR count). The first-order valence-corrected chi connectivity index (χ1v) is 9.98. The molecule has 2 aromatic rings. The Kier molecular flexibility index (Phi) is 5.01. The molecule has 29 heavy (non-hydrogen) atoms. The van der Waals surface area contributed by atoms with Gasteiger partial charge in [-0.15, -0.1) is 0 Å². The summed E-state index contributed by atoms with van der Waals surface area (Å²) < 4.78 is 5.47. The van der Waals surface area contributed by atoms with Crippen molar-refractivity contribution in [3.8, 4) is 0 Å². The normalized spacial score (nSPS) is 17.5. The fourth-order valence-electron chi connectivity index (χ4n) is 4.07. The molecule has 2 aliphatic heterocycles. The van der Waals surface area contributed by atoms with Gasteiger partial charge in [-0.1, -0.05) is 24.3 Å². The summed E-state index contributed by atoms with van der Waals surface area (Å²) in [6, 6.07) is 11.8. The fraction of sp³-hybridized carbons (Fsp3) is 0.333. The van der Waals surface area contributed by atoms with E-state index >= 15 is 0 Å². The molecule has 5 heteroatoms. The van der Waals surface area contributed by atoms with E-state index in [4.69, 9.17) is 4.74 Å². The molecule has 0 aliphatic carbocycles. The third kappa shape index (κ3) is 3.47. The maximum Gasteiger partial charge on any atom is 0.282 e. The Hall–Kier alpha value is -2.92. The zero-order valence-corrected chi connectivity index (χ0v) is 17.4.